The third kappa shape index (κ3) is 4.17. The van der Waals surface area contributed by atoms with Crippen LogP contribution in [0.1, 0.15) is 59.1 Å². The summed E-state index contributed by atoms with van der Waals surface area (Å²) in [6.07, 6.45) is 1.91. The van der Waals surface area contributed by atoms with Gasteiger partial charge in [-0.3, -0.25) is 4.79 Å². The maximum absolute atomic E-state index is 12.1. The first-order valence-corrected chi connectivity index (χ1v) is 9.42. The average molecular weight is 377 g/mol. The van der Waals surface area contributed by atoms with Gasteiger partial charge in [-0.15, -0.1) is 5.10 Å². The van der Waals surface area contributed by atoms with Gasteiger partial charge in [-0.05, 0) is 29.2 Å². The molecule has 0 aliphatic rings. The van der Waals surface area contributed by atoms with E-state index in [4.69, 9.17) is 0 Å². The van der Waals surface area contributed by atoms with Crippen molar-refractivity contribution in [2.75, 3.05) is 0 Å². The first-order chi connectivity index (χ1) is 13.5. The molecule has 28 heavy (non-hydrogen) atoms. The number of Topliss-reactive ketones (excluding diaryl/α,β-unsaturated/α-hetero) is 1. The second kappa shape index (κ2) is 8.61. The fraction of sp³-hybridized carbons (Fsp3) is 0.273. The van der Waals surface area contributed by atoms with Crippen molar-refractivity contribution in [1.82, 2.24) is 14.8 Å². The van der Waals surface area contributed by atoms with E-state index < -0.39 is 5.97 Å². The van der Waals surface area contributed by atoms with Gasteiger partial charge in [-0.2, -0.15) is 0 Å². The maximum Gasteiger partial charge on any atom is 0.336 e. The lowest BCUT2D eigenvalue weighted by Gasteiger charge is -2.08. The number of carbonyl (C=O) groups is 2. The Morgan fingerprint density at radius 2 is 1.75 bits per heavy atom. The van der Waals surface area contributed by atoms with Gasteiger partial charge in [0.15, 0.2) is 0 Å². The van der Waals surface area contributed by atoms with Crippen LogP contribution in [0.4, 0.5) is 0 Å². The molecule has 0 radical (unpaired) electrons. The predicted molar refractivity (Wildman–Crippen MR) is 107 cm³/mol. The lowest BCUT2D eigenvalue weighted by atomic mass is 9.99. The molecule has 0 aliphatic carbocycles. The van der Waals surface area contributed by atoms with E-state index in [0.717, 1.165) is 23.4 Å². The third-order valence-electron chi connectivity index (χ3n) is 4.55. The van der Waals surface area contributed by atoms with Crippen molar-refractivity contribution in [2.45, 2.75) is 39.7 Å². The van der Waals surface area contributed by atoms with Crippen LogP contribution in [0.2, 0.25) is 0 Å². The molecule has 0 bridgehead atoms. The summed E-state index contributed by atoms with van der Waals surface area (Å²) >= 11 is 0. The number of nitrogens with zero attached hydrogens (tertiary/aromatic N) is 3. The largest absolute Gasteiger partial charge is 0.478 e. The molecule has 3 rings (SSSR count). The van der Waals surface area contributed by atoms with Crippen LogP contribution in [0.3, 0.4) is 0 Å². The van der Waals surface area contributed by atoms with E-state index >= 15 is 0 Å². The monoisotopic (exact) mass is 377 g/mol. The first-order valence-electron chi connectivity index (χ1n) is 9.42. The summed E-state index contributed by atoms with van der Waals surface area (Å²) in [6, 6.07) is 14.7. The van der Waals surface area contributed by atoms with Crippen molar-refractivity contribution in [3.8, 4) is 11.1 Å². The molecule has 0 fully saturated rings. The number of aromatic nitrogens is 3. The average Bonchev–Trinajstić information content (AvgIpc) is 3.12. The quantitative estimate of drug-likeness (QED) is 0.594. The van der Waals surface area contributed by atoms with Crippen LogP contribution in [0.15, 0.2) is 48.5 Å². The predicted octanol–water partition coefficient (Wildman–Crippen LogP) is 4.24. The molecular formula is C22H23N3O3. The Balaban J connectivity index is 1.84. The Bertz CT molecular complexity index is 991. The van der Waals surface area contributed by atoms with E-state index in [2.05, 4.69) is 10.1 Å². The maximum atomic E-state index is 12.1. The SMILES string of the molecule is CCCC(=O)c1nc(CC)n(Cc2ccc(-c3ccccc3C(=O)O)cc2)n1. The fourth-order valence-corrected chi connectivity index (χ4v) is 3.10. The smallest absolute Gasteiger partial charge is 0.336 e. The number of benzene rings is 2. The van der Waals surface area contributed by atoms with Crippen LogP contribution >= 0.6 is 0 Å². The van der Waals surface area contributed by atoms with E-state index in [9.17, 15) is 14.7 Å². The minimum atomic E-state index is -0.945. The molecule has 1 N–H and O–H groups in total. The third-order valence-corrected chi connectivity index (χ3v) is 4.55. The van der Waals surface area contributed by atoms with Gasteiger partial charge in [0.2, 0.25) is 11.6 Å². The van der Waals surface area contributed by atoms with Crippen molar-refractivity contribution >= 4 is 11.8 Å². The first kappa shape index (κ1) is 19.5. The number of aryl methyl sites for hydroxylation is 1. The Morgan fingerprint density at radius 1 is 1.04 bits per heavy atom. The lowest BCUT2D eigenvalue weighted by molar-refractivity contribution is 0.0697. The van der Waals surface area contributed by atoms with Gasteiger partial charge >= 0.3 is 5.97 Å². The van der Waals surface area contributed by atoms with Gasteiger partial charge in [0.1, 0.15) is 5.82 Å². The summed E-state index contributed by atoms with van der Waals surface area (Å²) in [5.74, 6) is 0.0844. The highest BCUT2D eigenvalue weighted by molar-refractivity contribution is 5.96. The molecule has 0 atom stereocenters. The molecular weight excluding hydrogens is 354 g/mol. The van der Waals surface area contributed by atoms with E-state index in [0.29, 0.717) is 24.9 Å². The molecule has 6 heteroatoms. The van der Waals surface area contributed by atoms with Crippen molar-refractivity contribution < 1.29 is 14.7 Å². The van der Waals surface area contributed by atoms with E-state index in [-0.39, 0.29) is 17.2 Å². The Kier molecular flexibility index (Phi) is 5.99. The van der Waals surface area contributed by atoms with Gasteiger partial charge in [-0.1, -0.05) is 56.3 Å². The molecule has 0 aliphatic heterocycles. The molecule has 144 valence electrons. The lowest BCUT2D eigenvalue weighted by Crippen LogP contribution is -2.07. The number of aromatic carboxylic acids is 1. The Hall–Kier alpha value is -3.28. The highest BCUT2D eigenvalue weighted by Gasteiger charge is 2.15. The number of ketones is 1. The van der Waals surface area contributed by atoms with Gasteiger partial charge in [-0.25, -0.2) is 14.5 Å². The fourth-order valence-electron chi connectivity index (χ4n) is 3.10. The van der Waals surface area contributed by atoms with Crippen LogP contribution in [0.5, 0.6) is 0 Å². The van der Waals surface area contributed by atoms with Crippen LogP contribution in [-0.4, -0.2) is 31.6 Å². The molecule has 6 nitrogen and oxygen atoms in total. The van der Waals surface area contributed by atoms with Crippen LogP contribution in [0, 0.1) is 0 Å². The molecule has 0 unspecified atom stereocenters. The molecule has 3 aromatic rings. The minimum Gasteiger partial charge on any atom is -0.478 e. The summed E-state index contributed by atoms with van der Waals surface area (Å²) in [6.45, 7) is 4.46. The van der Waals surface area contributed by atoms with Crippen molar-refractivity contribution in [2.24, 2.45) is 0 Å². The highest BCUT2D eigenvalue weighted by atomic mass is 16.4. The zero-order chi connectivity index (χ0) is 20.1. The number of carboxylic acids is 1. The molecule has 0 saturated carbocycles. The number of hydrogen-bond donors (Lipinski definition) is 1. The highest BCUT2D eigenvalue weighted by Crippen LogP contribution is 2.24. The summed E-state index contributed by atoms with van der Waals surface area (Å²) in [5.41, 5.74) is 2.81. The van der Waals surface area contributed by atoms with Crippen LogP contribution in [0.25, 0.3) is 11.1 Å². The second-order valence-electron chi connectivity index (χ2n) is 6.58. The minimum absolute atomic E-state index is 0.0309. The van der Waals surface area contributed by atoms with Crippen LogP contribution in [-0.2, 0) is 13.0 Å². The molecule has 1 aromatic heterocycles. The molecule has 0 saturated heterocycles. The molecule has 1 heterocycles. The van der Waals surface area contributed by atoms with E-state index in [1.165, 1.54) is 0 Å². The summed E-state index contributed by atoms with van der Waals surface area (Å²) in [7, 11) is 0. The van der Waals surface area contributed by atoms with Crippen molar-refractivity contribution in [1.29, 1.82) is 0 Å². The van der Waals surface area contributed by atoms with Crippen LogP contribution < -0.4 is 0 Å². The molecule has 0 spiro atoms. The topological polar surface area (TPSA) is 85.1 Å². The summed E-state index contributed by atoms with van der Waals surface area (Å²) < 4.78 is 1.77. The number of carbonyl (C=O) groups excluding carboxylic acids is 1. The summed E-state index contributed by atoms with van der Waals surface area (Å²) in [4.78, 5) is 27.9. The zero-order valence-electron chi connectivity index (χ0n) is 16.1. The normalized spacial score (nSPS) is 10.8. The van der Waals surface area contributed by atoms with Crippen molar-refractivity contribution in [3.05, 3.63) is 71.3 Å². The van der Waals surface area contributed by atoms with Gasteiger partial charge in [0, 0.05) is 12.8 Å². The zero-order valence-corrected chi connectivity index (χ0v) is 16.1. The Morgan fingerprint density at radius 3 is 2.39 bits per heavy atom. The number of carboxylic acid groups (broad SMARTS) is 1. The van der Waals surface area contributed by atoms with E-state index in [1.54, 1.807) is 22.9 Å². The number of rotatable bonds is 8. The Labute approximate surface area is 163 Å². The standard InChI is InChI=1S/C22H23N3O3/c1-3-7-19(26)21-23-20(4-2)25(24-21)14-15-10-12-16(13-11-15)17-8-5-6-9-18(17)22(27)28/h5-6,8-13H,3-4,7,14H2,1-2H3,(H,27,28). The summed E-state index contributed by atoms with van der Waals surface area (Å²) in [5, 5.41) is 13.8. The van der Waals surface area contributed by atoms with Gasteiger partial charge < -0.3 is 5.11 Å². The molecule has 0 amide bonds. The van der Waals surface area contributed by atoms with Gasteiger partial charge in [0.25, 0.3) is 0 Å². The van der Waals surface area contributed by atoms with Crippen molar-refractivity contribution in [3.63, 3.8) is 0 Å². The number of hydrogen-bond acceptors (Lipinski definition) is 4. The molecule has 2 aromatic carbocycles. The van der Waals surface area contributed by atoms with Gasteiger partial charge in [0.05, 0.1) is 12.1 Å². The van der Waals surface area contributed by atoms with E-state index in [1.807, 2.05) is 44.2 Å². The second-order valence-corrected chi connectivity index (χ2v) is 6.58.